The molecule has 5 rings (SSSR count). The molecular weight excluding hydrogens is 392 g/mol. The van der Waals surface area contributed by atoms with Crippen molar-refractivity contribution in [2.24, 2.45) is 0 Å². The molecule has 0 unspecified atom stereocenters. The van der Waals surface area contributed by atoms with Gasteiger partial charge >= 0.3 is 0 Å². The van der Waals surface area contributed by atoms with Crippen molar-refractivity contribution in [2.75, 3.05) is 0 Å². The quantitative estimate of drug-likeness (QED) is 0.397. The maximum Gasteiger partial charge on any atom is 0.196 e. The van der Waals surface area contributed by atoms with Crippen LogP contribution in [0.5, 0.6) is 0 Å². The molecule has 5 aromatic rings. The number of fused-ring (bicyclic) bond motifs is 3. The van der Waals surface area contributed by atoms with E-state index < -0.39 is 0 Å². The molecule has 0 atom stereocenters. The monoisotopic (exact) mass is 410 g/mol. The fraction of sp³-hybridized carbons (Fsp3) is 0.130. The van der Waals surface area contributed by atoms with Crippen molar-refractivity contribution in [2.45, 2.75) is 24.8 Å². The number of nitriles is 1. The summed E-state index contributed by atoms with van der Waals surface area (Å²) in [6.07, 6.45) is 3.87. The lowest BCUT2D eigenvalue weighted by molar-refractivity contribution is 0.895. The highest BCUT2D eigenvalue weighted by Crippen LogP contribution is 2.27. The zero-order valence-electron chi connectivity index (χ0n) is 16.6. The number of thioether (sulfide) groups is 1. The first-order valence-corrected chi connectivity index (χ1v) is 10.5. The van der Waals surface area contributed by atoms with Crippen LogP contribution in [0.3, 0.4) is 0 Å². The highest BCUT2D eigenvalue weighted by molar-refractivity contribution is 7.98. The third kappa shape index (κ3) is 3.21. The van der Waals surface area contributed by atoms with Crippen molar-refractivity contribution < 1.29 is 0 Å². The number of nitrogens with zero attached hydrogens (tertiary/aromatic N) is 6. The van der Waals surface area contributed by atoms with E-state index in [0.29, 0.717) is 11.3 Å². The van der Waals surface area contributed by atoms with Gasteiger partial charge in [-0.3, -0.25) is 4.40 Å². The Hall–Kier alpha value is -3.63. The second kappa shape index (κ2) is 7.32. The van der Waals surface area contributed by atoms with Crippen molar-refractivity contribution in [3.8, 4) is 17.3 Å². The third-order valence-electron chi connectivity index (χ3n) is 5.21. The number of aryl methyl sites for hydroxylation is 2. The molecule has 0 fully saturated rings. The van der Waals surface area contributed by atoms with Crippen molar-refractivity contribution in [3.05, 3.63) is 83.2 Å². The fourth-order valence-electron chi connectivity index (χ4n) is 3.41. The lowest BCUT2D eigenvalue weighted by atomic mass is 10.0. The van der Waals surface area contributed by atoms with Crippen LogP contribution in [0.1, 0.15) is 22.3 Å². The molecule has 0 saturated carbocycles. The van der Waals surface area contributed by atoms with Crippen LogP contribution in [0, 0.1) is 25.2 Å². The number of benzene rings is 2. The summed E-state index contributed by atoms with van der Waals surface area (Å²) in [5.41, 5.74) is 7.95. The first-order chi connectivity index (χ1) is 14.6. The van der Waals surface area contributed by atoms with Crippen LogP contribution in [0.15, 0.2) is 66.1 Å². The van der Waals surface area contributed by atoms with E-state index in [1.807, 2.05) is 45.6 Å². The summed E-state index contributed by atoms with van der Waals surface area (Å²) in [4.78, 5) is 0. The standard InChI is InChI=1S/C23H18N6S/c1-15-6-7-19(10-16(15)2)20-12-21-22-25-26-23(28(22)8-9-29(21)27-20)30-14-18-5-3-4-17(11-18)13-24/h3-12H,14H2,1-2H3. The SMILES string of the molecule is Cc1ccc(-c2cc3c4nnc(SCc5cccc(C#N)c5)n4ccn3n2)cc1C. The second-order valence-electron chi connectivity index (χ2n) is 7.23. The molecular formula is C23H18N6S. The smallest absolute Gasteiger partial charge is 0.196 e. The Kier molecular flexibility index (Phi) is 4.49. The van der Waals surface area contributed by atoms with Crippen molar-refractivity contribution >= 4 is 22.9 Å². The van der Waals surface area contributed by atoms with Crippen molar-refractivity contribution in [1.29, 1.82) is 5.26 Å². The van der Waals surface area contributed by atoms with E-state index in [1.54, 1.807) is 11.8 Å². The molecule has 0 aliphatic rings. The summed E-state index contributed by atoms with van der Waals surface area (Å²) in [6.45, 7) is 4.22. The molecule has 0 bridgehead atoms. The predicted molar refractivity (Wildman–Crippen MR) is 117 cm³/mol. The summed E-state index contributed by atoms with van der Waals surface area (Å²) in [5.74, 6) is 0.717. The van der Waals surface area contributed by atoms with Gasteiger partial charge in [0.25, 0.3) is 0 Å². The van der Waals surface area contributed by atoms with Gasteiger partial charge in [-0.1, -0.05) is 36.0 Å². The number of aromatic nitrogens is 5. The molecule has 0 N–H and O–H groups in total. The van der Waals surface area contributed by atoms with Crippen molar-refractivity contribution in [3.63, 3.8) is 0 Å². The third-order valence-corrected chi connectivity index (χ3v) is 6.23. The van der Waals surface area contributed by atoms with E-state index in [2.05, 4.69) is 54.4 Å². The Balaban J connectivity index is 1.49. The van der Waals surface area contributed by atoms with Gasteiger partial charge in [-0.2, -0.15) is 10.4 Å². The van der Waals surface area contributed by atoms with Crippen molar-refractivity contribution in [1.82, 2.24) is 24.2 Å². The molecule has 6 nitrogen and oxygen atoms in total. The first kappa shape index (κ1) is 18.4. The molecule has 0 radical (unpaired) electrons. The largest absolute Gasteiger partial charge is 0.274 e. The highest BCUT2D eigenvalue weighted by Gasteiger charge is 2.13. The Labute approximate surface area is 177 Å². The van der Waals surface area contributed by atoms with Crippen LogP contribution in [0.2, 0.25) is 0 Å². The zero-order valence-corrected chi connectivity index (χ0v) is 17.4. The Morgan fingerprint density at radius 1 is 1.00 bits per heavy atom. The minimum Gasteiger partial charge on any atom is -0.274 e. The Morgan fingerprint density at radius 2 is 1.90 bits per heavy atom. The van der Waals surface area contributed by atoms with Crippen LogP contribution >= 0.6 is 11.8 Å². The lowest BCUT2D eigenvalue weighted by Crippen LogP contribution is -1.94. The Morgan fingerprint density at radius 3 is 2.73 bits per heavy atom. The highest BCUT2D eigenvalue weighted by atomic mass is 32.2. The van der Waals surface area contributed by atoms with Crippen LogP contribution in [-0.4, -0.2) is 24.2 Å². The number of hydrogen-bond acceptors (Lipinski definition) is 5. The van der Waals surface area contributed by atoms with E-state index in [0.717, 1.165) is 33.1 Å². The second-order valence-corrected chi connectivity index (χ2v) is 8.18. The summed E-state index contributed by atoms with van der Waals surface area (Å²) in [5, 5.41) is 23.4. The summed E-state index contributed by atoms with van der Waals surface area (Å²) >= 11 is 1.59. The molecule has 0 amide bonds. The molecule has 3 heterocycles. The van der Waals surface area contributed by atoms with E-state index in [4.69, 9.17) is 10.4 Å². The predicted octanol–water partition coefficient (Wildman–Crippen LogP) is 4.82. The van der Waals surface area contributed by atoms with Gasteiger partial charge in [0.1, 0.15) is 5.52 Å². The van der Waals surface area contributed by atoms with Gasteiger partial charge in [0.2, 0.25) is 0 Å². The van der Waals surface area contributed by atoms with Gasteiger partial charge in [0, 0.05) is 23.7 Å². The van der Waals surface area contributed by atoms with Gasteiger partial charge in [-0.15, -0.1) is 10.2 Å². The van der Waals surface area contributed by atoms with Crippen LogP contribution < -0.4 is 0 Å². The molecule has 0 aliphatic carbocycles. The maximum absolute atomic E-state index is 9.08. The molecule has 0 spiro atoms. The Bertz CT molecular complexity index is 1440. The topological polar surface area (TPSA) is 71.3 Å². The summed E-state index contributed by atoms with van der Waals surface area (Å²) in [6, 6.07) is 18.3. The van der Waals surface area contributed by atoms with Crippen LogP contribution in [-0.2, 0) is 5.75 Å². The average Bonchev–Trinajstić information content (AvgIpc) is 3.38. The fourth-order valence-corrected chi connectivity index (χ4v) is 4.27. The average molecular weight is 411 g/mol. The molecule has 30 heavy (non-hydrogen) atoms. The lowest BCUT2D eigenvalue weighted by Gasteiger charge is -2.02. The maximum atomic E-state index is 9.08. The zero-order chi connectivity index (χ0) is 20.7. The number of hydrogen-bond donors (Lipinski definition) is 0. The minimum atomic E-state index is 0.666. The van der Waals surface area contributed by atoms with E-state index >= 15 is 0 Å². The molecule has 7 heteroatoms. The summed E-state index contributed by atoms with van der Waals surface area (Å²) in [7, 11) is 0. The van der Waals surface area contributed by atoms with Gasteiger partial charge in [0.15, 0.2) is 10.8 Å². The van der Waals surface area contributed by atoms with E-state index in [1.165, 1.54) is 11.1 Å². The van der Waals surface area contributed by atoms with Gasteiger partial charge in [-0.05, 0) is 54.8 Å². The van der Waals surface area contributed by atoms with Gasteiger partial charge < -0.3 is 0 Å². The van der Waals surface area contributed by atoms with E-state index in [-0.39, 0.29) is 0 Å². The van der Waals surface area contributed by atoms with Gasteiger partial charge in [0.05, 0.1) is 17.3 Å². The molecule has 0 saturated heterocycles. The summed E-state index contributed by atoms with van der Waals surface area (Å²) < 4.78 is 3.83. The molecule has 146 valence electrons. The minimum absolute atomic E-state index is 0.666. The van der Waals surface area contributed by atoms with Crippen LogP contribution in [0.4, 0.5) is 0 Å². The first-order valence-electron chi connectivity index (χ1n) is 9.55. The normalized spacial score (nSPS) is 11.2. The van der Waals surface area contributed by atoms with Crippen LogP contribution in [0.25, 0.3) is 22.4 Å². The van der Waals surface area contributed by atoms with E-state index in [9.17, 15) is 0 Å². The molecule has 3 aromatic heterocycles. The molecule has 0 aliphatic heterocycles. The van der Waals surface area contributed by atoms with Gasteiger partial charge in [-0.25, -0.2) is 4.52 Å². The number of rotatable bonds is 4. The molecule has 2 aromatic carbocycles.